The van der Waals surface area contributed by atoms with Crippen molar-refractivity contribution in [2.75, 3.05) is 39.5 Å². The molecule has 10 heteroatoms. The van der Waals surface area contributed by atoms with Crippen molar-refractivity contribution in [3.8, 4) is 0 Å². The molecule has 0 fully saturated rings. The van der Waals surface area contributed by atoms with E-state index in [4.69, 9.17) is 14.2 Å². The maximum absolute atomic E-state index is 11.7. The average molecular weight is 430 g/mol. The predicted octanol–water partition coefficient (Wildman–Crippen LogP) is 2.17. The number of carbonyl (C=O) groups excluding carboxylic acids is 4. The van der Waals surface area contributed by atoms with Gasteiger partial charge in [0, 0.05) is 18.7 Å². The highest BCUT2D eigenvalue weighted by Gasteiger charge is 2.22. The van der Waals surface area contributed by atoms with Gasteiger partial charge < -0.3 is 29.6 Å². The normalized spacial score (nSPS) is 11.6. The summed E-state index contributed by atoms with van der Waals surface area (Å²) in [6, 6.07) is 0. The number of alkyl carbamates (subject to hydrolysis) is 2. The van der Waals surface area contributed by atoms with Gasteiger partial charge in [0.05, 0.1) is 0 Å². The molecule has 0 spiro atoms. The first-order valence-electron chi connectivity index (χ1n) is 9.76. The van der Waals surface area contributed by atoms with Crippen molar-refractivity contribution in [2.24, 2.45) is 11.3 Å². The summed E-state index contributed by atoms with van der Waals surface area (Å²) in [6.07, 6.45) is 0.389. The molecule has 0 rings (SSSR count). The Kier molecular flexibility index (Phi) is 13.7. The van der Waals surface area contributed by atoms with Crippen LogP contribution in [0.15, 0.2) is 12.2 Å². The fraction of sp³-hybridized carbons (Fsp3) is 0.700. The Labute approximate surface area is 177 Å². The molecule has 0 aliphatic carbocycles. The molecule has 0 aromatic carbocycles. The number of hydrogen-bond acceptors (Lipinski definition) is 8. The molecule has 0 aromatic rings. The number of hydrogen-bond donors (Lipinski definition) is 2. The summed E-state index contributed by atoms with van der Waals surface area (Å²) in [6.45, 7) is 12.3. The van der Waals surface area contributed by atoms with Crippen LogP contribution in [0.25, 0.3) is 0 Å². The van der Waals surface area contributed by atoms with Gasteiger partial charge in [-0.3, -0.25) is 4.79 Å². The van der Waals surface area contributed by atoms with Crippen LogP contribution in [0.3, 0.4) is 0 Å². The van der Waals surface area contributed by atoms with Crippen molar-refractivity contribution in [1.82, 2.24) is 10.6 Å². The molecule has 0 aliphatic rings. The van der Waals surface area contributed by atoms with Gasteiger partial charge in [-0.1, -0.05) is 27.4 Å². The van der Waals surface area contributed by atoms with Crippen molar-refractivity contribution in [1.29, 1.82) is 0 Å². The summed E-state index contributed by atoms with van der Waals surface area (Å²) in [5.74, 6) is -0.335. The Morgan fingerprint density at radius 3 is 2.17 bits per heavy atom. The van der Waals surface area contributed by atoms with Gasteiger partial charge in [-0.2, -0.15) is 0 Å². The zero-order valence-electron chi connectivity index (χ0n) is 18.3. The van der Waals surface area contributed by atoms with E-state index in [1.165, 1.54) is 6.92 Å². The van der Waals surface area contributed by atoms with Gasteiger partial charge in [0.25, 0.3) is 6.47 Å². The van der Waals surface area contributed by atoms with Crippen LogP contribution in [0.2, 0.25) is 0 Å². The molecule has 0 aromatic heterocycles. The highest BCUT2D eigenvalue weighted by Crippen LogP contribution is 2.28. The van der Waals surface area contributed by atoms with Gasteiger partial charge in [0.2, 0.25) is 0 Å². The monoisotopic (exact) mass is 430 g/mol. The van der Waals surface area contributed by atoms with E-state index in [0.717, 1.165) is 6.42 Å². The third kappa shape index (κ3) is 15.2. The van der Waals surface area contributed by atoms with Crippen molar-refractivity contribution < 1.29 is 38.1 Å². The van der Waals surface area contributed by atoms with Crippen LogP contribution in [-0.2, 0) is 28.5 Å². The Morgan fingerprint density at radius 2 is 1.57 bits per heavy atom. The lowest BCUT2D eigenvalue weighted by Gasteiger charge is -2.28. The number of ether oxygens (including phenoxy) is 4. The second-order valence-electron chi connectivity index (χ2n) is 7.69. The van der Waals surface area contributed by atoms with Gasteiger partial charge in [0.15, 0.2) is 0 Å². The molecule has 0 bridgehead atoms. The molecule has 0 radical (unpaired) electrons. The van der Waals surface area contributed by atoms with Crippen LogP contribution in [0, 0.1) is 11.3 Å². The molecule has 0 aliphatic heterocycles. The molecule has 30 heavy (non-hydrogen) atoms. The van der Waals surface area contributed by atoms with E-state index in [1.807, 2.05) is 6.92 Å². The van der Waals surface area contributed by atoms with Crippen molar-refractivity contribution >= 4 is 24.6 Å². The zero-order valence-corrected chi connectivity index (χ0v) is 18.3. The standard InChI is InChI=1S/C20H34N2O8/c1-15(2)17(24)28-10-11-30-18(25)21-7-6-20(4,5)12-16(3)13-22-19(26)29-9-8-27-14-23/h14,16H,1,6-13H2,2-5H3,(H,21,25)(H,22,26). The SMILES string of the molecule is C=C(C)C(=O)OCCOC(=O)NCCC(C)(C)CC(C)CNC(=O)OCCOC=O. The third-order valence-electron chi connectivity index (χ3n) is 3.97. The fourth-order valence-corrected chi connectivity index (χ4v) is 2.60. The van der Waals surface area contributed by atoms with Crippen LogP contribution < -0.4 is 10.6 Å². The highest BCUT2D eigenvalue weighted by molar-refractivity contribution is 5.86. The molecule has 2 amide bonds. The Hall–Kier alpha value is -2.78. The lowest BCUT2D eigenvalue weighted by molar-refractivity contribution is -0.140. The first kappa shape index (κ1) is 27.2. The highest BCUT2D eigenvalue weighted by atomic mass is 16.6. The smallest absolute Gasteiger partial charge is 0.407 e. The van der Waals surface area contributed by atoms with Crippen molar-refractivity contribution in [2.45, 2.75) is 40.5 Å². The first-order valence-corrected chi connectivity index (χ1v) is 9.76. The second-order valence-corrected chi connectivity index (χ2v) is 7.69. The van der Waals surface area contributed by atoms with Crippen molar-refractivity contribution in [3.05, 3.63) is 12.2 Å². The van der Waals surface area contributed by atoms with Gasteiger partial charge in [-0.05, 0) is 31.1 Å². The van der Waals surface area contributed by atoms with E-state index in [-0.39, 0.29) is 43.3 Å². The van der Waals surface area contributed by atoms with Gasteiger partial charge in [-0.25, -0.2) is 14.4 Å². The molecule has 1 unspecified atom stereocenters. The number of rotatable bonds is 15. The molecule has 0 saturated carbocycles. The summed E-state index contributed by atoms with van der Waals surface area (Å²) in [4.78, 5) is 44.4. The average Bonchev–Trinajstić information content (AvgIpc) is 2.66. The van der Waals surface area contributed by atoms with E-state index in [1.54, 1.807) is 0 Å². The molecule has 0 heterocycles. The predicted molar refractivity (Wildman–Crippen MR) is 109 cm³/mol. The zero-order chi connectivity index (χ0) is 23.0. The molecule has 0 saturated heterocycles. The second kappa shape index (κ2) is 15.1. The minimum atomic E-state index is -0.576. The summed E-state index contributed by atoms with van der Waals surface area (Å²) >= 11 is 0. The Morgan fingerprint density at radius 1 is 1.00 bits per heavy atom. The van der Waals surface area contributed by atoms with E-state index in [2.05, 4.69) is 35.8 Å². The number of amides is 2. The van der Waals surface area contributed by atoms with Crippen LogP contribution in [0.5, 0.6) is 0 Å². The number of esters is 1. The maximum Gasteiger partial charge on any atom is 0.407 e. The quantitative estimate of drug-likeness (QED) is 0.133. The fourth-order valence-electron chi connectivity index (χ4n) is 2.60. The Balaban J connectivity index is 3.92. The summed E-state index contributed by atoms with van der Waals surface area (Å²) in [5, 5.41) is 5.32. The first-order chi connectivity index (χ1) is 14.1. The topological polar surface area (TPSA) is 129 Å². The number of nitrogens with one attached hydrogen (secondary N) is 2. The molecule has 1 atom stereocenters. The molecule has 10 nitrogen and oxygen atoms in total. The summed E-state index contributed by atoms with van der Waals surface area (Å²) in [7, 11) is 0. The van der Waals surface area contributed by atoms with Crippen LogP contribution in [0.4, 0.5) is 9.59 Å². The van der Waals surface area contributed by atoms with Crippen molar-refractivity contribution in [3.63, 3.8) is 0 Å². The van der Waals surface area contributed by atoms with Crippen LogP contribution in [0.1, 0.15) is 40.5 Å². The van der Waals surface area contributed by atoms with Gasteiger partial charge in [0.1, 0.15) is 26.4 Å². The largest absolute Gasteiger partial charge is 0.464 e. The summed E-state index contributed by atoms with van der Waals surface area (Å²) in [5.41, 5.74) is 0.208. The van der Waals surface area contributed by atoms with E-state index >= 15 is 0 Å². The third-order valence-corrected chi connectivity index (χ3v) is 3.97. The molecular formula is C20H34N2O8. The lowest BCUT2D eigenvalue weighted by atomic mass is 9.80. The minimum absolute atomic E-state index is 0.00253. The van der Waals surface area contributed by atoms with E-state index in [9.17, 15) is 19.2 Å². The van der Waals surface area contributed by atoms with Crippen LogP contribution in [-0.4, -0.2) is 64.1 Å². The molecular weight excluding hydrogens is 396 g/mol. The van der Waals surface area contributed by atoms with E-state index < -0.39 is 18.2 Å². The van der Waals surface area contributed by atoms with E-state index in [0.29, 0.717) is 26.0 Å². The van der Waals surface area contributed by atoms with Crippen LogP contribution >= 0.6 is 0 Å². The molecule has 172 valence electrons. The maximum atomic E-state index is 11.7. The van der Waals surface area contributed by atoms with Gasteiger partial charge in [-0.15, -0.1) is 0 Å². The lowest BCUT2D eigenvalue weighted by Crippen LogP contribution is -2.33. The summed E-state index contributed by atoms with van der Waals surface area (Å²) < 4.78 is 19.0. The number of carbonyl (C=O) groups is 4. The molecule has 2 N–H and O–H groups in total. The van der Waals surface area contributed by atoms with Gasteiger partial charge >= 0.3 is 18.2 Å². The minimum Gasteiger partial charge on any atom is -0.464 e. The Bertz CT molecular complexity index is 577.